The van der Waals surface area contributed by atoms with Crippen molar-refractivity contribution in [2.45, 2.75) is 91.1 Å². The molecule has 28 heavy (non-hydrogen) atoms. The van der Waals surface area contributed by atoms with Crippen molar-refractivity contribution < 1.29 is 9.47 Å². The van der Waals surface area contributed by atoms with E-state index in [0.29, 0.717) is 28.6 Å². The minimum Gasteiger partial charge on any atom is -0.344 e. The van der Waals surface area contributed by atoms with E-state index in [-0.39, 0.29) is 12.2 Å². The fraction of sp³-hybridized carbons (Fsp3) is 0.880. The Morgan fingerprint density at radius 3 is 2.57 bits per heavy atom. The molecular weight excluding hydrogens is 346 g/mol. The van der Waals surface area contributed by atoms with Crippen LogP contribution in [0, 0.1) is 40.4 Å². The van der Waals surface area contributed by atoms with Gasteiger partial charge in [-0.2, -0.15) is 0 Å². The van der Waals surface area contributed by atoms with Gasteiger partial charge in [-0.1, -0.05) is 27.2 Å². The molecule has 4 aliphatic carbocycles. The third-order valence-electron chi connectivity index (χ3n) is 10.2. The van der Waals surface area contributed by atoms with Crippen molar-refractivity contribution in [3.63, 3.8) is 0 Å². The summed E-state index contributed by atoms with van der Waals surface area (Å²) in [7, 11) is 0. The average Bonchev–Trinajstić information content (AvgIpc) is 3.28. The zero-order valence-electron chi connectivity index (χ0n) is 18.3. The van der Waals surface area contributed by atoms with Crippen LogP contribution in [0.2, 0.25) is 0 Å². The number of ether oxygens (including phenoxy) is 2. The molecule has 1 saturated heterocycles. The van der Waals surface area contributed by atoms with E-state index in [1.165, 1.54) is 38.5 Å². The van der Waals surface area contributed by atoms with Crippen LogP contribution in [0.5, 0.6) is 0 Å². The molecule has 0 aromatic carbocycles. The van der Waals surface area contributed by atoms with E-state index < -0.39 is 5.79 Å². The normalized spacial score (nSPS) is 56.1. The van der Waals surface area contributed by atoms with Gasteiger partial charge in [-0.25, -0.2) is 0 Å². The molecule has 2 heterocycles. The molecule has 3 heteroatoms. The average molecular weight is 384 g/mol. The summed E-state index contributed by atoms with van der Waals surface area (Å²) in [5, 5.41) is 0. The molecular formula is C25H37NO2. The van der Waals surface area contributed by atoms with Gasteiger partial charge in [0.15, 0.2) is 5.79 Å². The van der Waals surface area contributed by atoms with Crippen molar-refractivity contribution in [3.8, 4) is 0 Å². The second kappa shape index (κ2) is 5.52. The van der Waals surface area contributed by atoms with Crippen LogP contribution in [-0.4, -0.2) is 30.8 Å². The highest BCUT2D eigenvalue weighted by atomic mass is 16.8. The molecule has 2 unspecified atom stereocenters. The second-order valence-electron chi connectivity index (χ2n) is 12.0. The largest absolute Gasteiger partial charge is 0.344 e. The lowest BCUT2D eigenvalue weighted by molar-refractivity contribution is -0.177. The Morgan fingerprint density at radius 1 is 0.964 bits per heavy atom. The predicted molar refractivity (Wildman–Crippen MR) is 111 cm³/mol. The maximum absolute atomic E-state index is 6.75. The molecule has 0 bridgehead atoms. The number of aliphatic imine (C=N–C) groups is 1. The molecule has 6 rings (SSSR count). The molecule has 0 radical (unpaired) electrons. The van der Waals surface area contributed by atoms with Gasteiger partial charge in [-0.3, -0.25) is 4.99 Å². The Labute approximate surface area is 170 Å². The van der Waals surface area contributed by atoms with E-state index >= 15 is 0 Å². The molecule has 2 aliphatic heterocycles. The summed E-state index contributed by atoms with van der Waals surface area (Å²) in [6.45, 7) is 12.9. The van der Waals surface area contributed by atoms with Gasteiger partial charge < -0.3 is 9.47 Å². The SMILES string of the molecule is C[C@H]1CC[C@]2(C)C3CC[C@]4(C)C5=C(C=NC5)C[C@H]4C3[C@H]3OC(C)(C)O[C@@H]3[C@H]2C1. The van der Waals surface area contributed by atoms with Crippen LogP contribution >= 0.6 is 0 Å². The van der Waals surface area contributed by atoms with Crippen LogP contribution in [0.25, 0.3) is 0 Å². The fourth-order valence-corrected chi connectivity index (χ4v) is 8.85. The molecule has 3 saturated carbocycles. The fourth-order valence-electron chi connectivity index (χ4n) is 8.85. The predicted octanol–water partition coefficient (Wildman–Crippen LogP) is 5.40. The summed E-state index contributed by atoms with van der Waals surface area (Å²) in [5.41, 5.74) is 3.98. The van der Waals surface area contributed by atoms with E-state index in [2.05, 4.69) is 45.8 Å². The summed E-state index contributed by atoms with van der Waals surface area (Å²) in [6.07, 6.45) is 10.8. The summed E-state index contributed by atoms with van der Waals surface area (Å²) < 4.78 is 13.5. The van der Waals surface area contributed by atoms with Crippen molar-refractivity contribution in [1.82, 2.24) is 0 Å². The highest BCUT2D eigenvalue weighted by Gasteiger charge is 2.68. The Kier molecular flexibility index (Phi) is 3.57. The van der Waals surface area contributed by atoms with Crippen LogP contribution in [0.1, 0.15) is 73.1 Å². The molecule has 0 aromatic rings. The molecule has 0 amide bonds. The third kappa shape index (κ3) is 2.16. The topological polar surface area (TPSA) is 30.8 Å². The Hall–Kier alpha value is -0.670. The number of hydrogen-bond donors (Lipinski definition) is 0. The highest BCUT2D eigenvalue weighted by Crippen LogP contribution is 2.69. The first-order valence-corrected chi connectivity index (χ1v) is 11.8. The van der Waals surface area contributed by atoms with E-state index in [0.717, 1.165) is 18.4 Å². The van der Waals surface area contributed by atoms with Crippen LogP contribution in [0.4, 0.5) is 0 Å². The second-order valence-corrected chi connectivity index (χ2v) is 12.0. The molecule has 0 N–H and O–H groups in total. The van der Waals surface area contributed by atoms with E-state index in [4.69, 9.17) is 9.47 Å². The van der Waals surface area contributed by atoms with E-state index in [1.807, 2.05) is 0 Å². The third-order valence-corrected chi connectivity index (χ3v) is 10.2. The highest BCUT2D eigenvalue weighted by molar-refractivity contribution is 5.84. The van der Waals surface area contributed by atoms with Crippen molar-refractivity contribution in [3.05, 3.63) is 11.1 Å². The van der Waals surface area contributed by atoms with Gasteiger partial charge in [0.05, 0.1) is 18.8 Å². The first kappa shape index (κ1) is 18.1. The molecule has 9 atom stereocenters. The van der Waals surface area contributed by atoms with Gasteiger partial charge in [-0.15, -0.1) is 0 Å². The first-order chi connectivity index (χ1) is 13.2. The lowest BCUT2D eigenvalue weighted by atomic mass is 9.43. The molecule has 0 aromatic heterocycles. The summed E-state index contributed by atoms with van der Waals surface area (Å²) in [6, 6.07) is 0. The summed E-state index contributed by atoms with van der Waals surface area (Å²) in [4.78, 5) is 4.63. The standard InChI is InChI=1S/C25H37NO2/c1-14-6-8-24(4)16-7-9-25(5)17(11-15-12-26-13-19(15)25)20(16)22-21(18(24)10-14)27-23(2,3)28-22/h12,14,16-18,20-22H,6-11,13H2,1-5H3/t14-,16?,17-,18+,20?,21+,22+,24+,25-/m0/s1. The zero-order valence-corrected chi connectivity index (χ0v) is 18.3. The minimum absolute atomic E-state index is 0.282. The van der Waals surface area contributed by atoms with Crippen molar-refractivity contribution in [2.75, 3.05) is 6.54 Å². The Bertz CT molecular complexity index is 769. The van der Waals surface area contributed by atoms with Gasteiger partial charge in [0.25, 0.3) is 0 Å². The smallest absolute Gasteiger partial charge is 0.163 e. The Morgan fingerprint density at radius 2 is 1.75 bits per heavy atom. The maximum atomic E-state index is 6.75. The van der Waals surface area contributed by atoms with Gasteiger partial charge in [0.1, 0.15) is 0 Å². The summed E-state index contributed by atoms with van der Waals surface area (Å²) >= 11 is 0. The van der Waals surface area contributed by atoms with Crippen LogP contribution in [-0.2, 0) is 9.47 Å². The number of hydrogen-bond acceptors (Lipinski definition) is 3. The lowest BCUT2D eigenvalue weighted by Crippen LogP contribution is -2.62. The van der Waals surface area contributed by atoms with Gasteiger partial charge >= 0.3 is 0 Å². The van der Waals surface area contributed by atoms with Crippen LogP contribution < -0.4 is 0 Å². The number of allylic oxidation sites excluding steroid dienone is 1. The monoisotopic (exact) mass is 383 g/mol. The molecule has 6 aliphatic rings. The first-order valence-electron chi connectivity index (χ1n) is 11.8. The van der Waals surface area contributed by atoms with Crippen molar-refractivity contribution in [1.29, 1.82) is 0 Å². The molecule has 154 valence electrons. The Balaban J connectivity index is 1.44. The number of nitrogens with zero attached hydrogens (tertiary/aromatic N) is 1. The number of rotatable bonds is 0. The molecule has 3 nitrogen and oxygen atoms in total. The van der Waals surface area contributed by atoms with Gasteiger partial charge in [-0.05, 0) is 97.5 Å². The number of fused-ring (bicyclic) bond motifs is 9. The zero-order chi connectivity index (χ0) is 19.5. The molecule has 4 fully saturated rings. The van der Waals surface area contributed by atoms with Crippen molar-refractivity contribution >= 4 is 6.21 Å². The minimum atomic E-state index is -0.435. The van der Waals surface area contributed by atoms with Crippen molar-refractivity contribution in [2.24, 2.45) is 45.4 Å². The maximum Gasteiger partial charge on any atom is 0.163 e. The van der Waals surface area contributed by atoms with E-state index in [9.17, 15) is 0 Å². The lowest BCUT2D eigenvalue weighted by Gasteiger charge is -2.63. The van der Waals surface area contributed by atoms with Gasteiger partial charge in [0.2, 0.25) is 0 Å². The quantitative estimate of drug-likeness (QED) is 0.561. The van der Waals surface area contributed by atoms with Gasteiger partial charge in [0, 0.05) is 6.21 Å². The van der Waals surface area contributed by atoms with Crippen LogP contribution in [0.15, 0.2) is 16.1 Å². The van der Waals surface area contributed by atoms with E-state index in [1.54, 1.807) is 11.1 Å². The van der Waals surface area contributed by atoms with Crippen LogP contribution in [0.3, 0.4) is 0 Å². The molecule has 0 spiro atoms. The summed E-state index contributed by atoms with van der Waals surface area (Å²) in [5.74, 6) is 3.19.